The highest BCUT2D eigenvalue weighted by molar-refractivity contribution is 6.14. The van der Waals surface area contributed by atoms with E-state index in [1.165, 1.54) is 18.9 Å². The lowest BCUT2D eigenvalue weighted by molar-refractivity contribution is -0.173. The van der Waals surface area contributed by atoms with Crippen LogP contribution in [0.2, 0.25) is 0 Å². The molecule has 0 aromatic heterocycles. The van der Waals surface area contributed by atoms with Gasteiger partial charge in [-0.25, -0.2) is 14.4 Å². The molecule has 1 saturated heterocycles. The zero-order valence-electron chi connectivity index (χ0n) is 34.1. The van der Waals surface area contributed by atoms with Crippen molar-refractivity contribution < 1.29 is 57.2 Å². The Morgan fingerprint density at radius 1 is 0.817 bits per heavy atom. The maximum absolute atomic E-state index is 14.9. The van der Waals surface area contributed by atoms with E-state index in [2.05, 4.69) is 16.0 Å². The number of hydrogen-bond donors (Lipinski definition) is 3. The summed E-state index contributed by atoms with van der Waals surface area (Å²) in [5.41, 5.74) is 0.203. The fourth-order valence-electron chi connectivity index (χ4n) is 7.13. The van der Waals surface area contributed by atoms with Gasteiger partial charge < -0.3 is 44.0 Å². The summed E-state index contributed by atoms with van der Waals surface area (Å²) in [7, 11) is 1.52. The van der Waals surface area contributed by atoms with Crippen LogP contribution in [0.15, 0.2) is 84.9 Å². The molecule has 3 amide bonds. The van der Waals surface area contributed by atoms with Gasteiger partial charge in [-0.05, 0) is 73.8 Å². The molecule has 3 aromatic rings. The SMILES string of the molecule is COc1ccc(CC(NC(=O)OCc2ccccc2)C(=O)C2(CCCNC(=O)OCc3ccccc3)NCCN(CC(=O)OC(C)OC(=O)OC3CCCCC3)C2=O)cc1. The van der Waals surface area contributed by atoms with E-state index >= 15 is 0 Å². The minimum atomic E-state index is -1.97. The van der Waals surface area contributed by atoms with Gasteiger partial charge >= 0.3 is 24.3 Å². The van der Waals surface area contributed by atoms with Gasteiger partial charge in [0.05, 0.1) is 13.2 Å². The van der Waals surface area contributed by atoms with Crippen LogP contribution in [0.3, 0.4) is 0 Å². The highest BCUT2D eigenvalue weighted by Crippen LogP contribution is 2.26. The van der Waals surface area contributed by atoms with Crippen LogP contribution in [-0.4, -0.2) is 98.2 Å². The predicted octanol–water partition coefficient (Wildman–Crippen LogP) is 5.35. The van der Waals surface area contributed by atoms with E-state index in [9.17, 15) is 28.8 Å². The van der Waals surface area contributed by atoms with Crippen LogP contribution in [0.5, 0.6) is 5.75 Å². The summed E-state index contributed by atoms with van der Waals surface area (Å²) >= 11 is 0. The molecule has 5 rings (SSSR count). The van der Waals surface area contributed by atoms with Crippen LogP contribution in [0.4, 0.5) is 14.4 Å². The molecule has 3 aromatic carbocycles. The quantitative estimate of drug-likeness (QED) is 0.0460. The number of nitrogens with zero attached hydrogens (tertiary/aromatic N) is 1. The predicted molar refractivity (Wildman–Crippen MR) is 216 cm³/mol. The van der Waals surface area contributed by atoms with Crippen LogP contribution in [0, 0.1) is 0 Å². The number of rotatable bonds is 19. The molecular formula is C44H54N4O12. The molecule has 1 heterocycles. The second-order valence-corrected chi connectivity index (χ2v) is 14.6. The normalized spacial score (nSPS) is 17.6. The van der Waals surface area contributed by atoms with Crippen molar-refractivity contribution >= 4 is 36.0 Å². The summed E-state index contributed by atoms with van der Waals surface area (Å²) in [6, 6.07) is 23.7. The molecule has 0 spiro atoms. The van der Waals surface area contributed by atoms with Gasteiger partial charge in [-0.1, -0.05) is 79.2 Å². The first-order chi connectivity index (χ1) is 29.0. The van der Waals surface area contributed by atoms with Crippen LogP contribution in [-0.2, 0) is 57.7 Å². The second-order valence-electron chi connectivity index (χ2n) is 14.6. The number of methoxy groups -OCH3 is 1. The Hall–Kier alpha value is -6.16. The molecule has 2 aliphatic rings. The minimum Gasteiger partial charge on any atom is -0.497 e. The van der Waals surface area contributed by atoms with E-state index < -0.39 is 60.4 Å². The van der Waals surface area contributed by atoms with Crippen molar-refractivity contribution in [3.05, 3.63) is 102 Å². The molecule has 0 radical (unpaired) electrons. The number of Topliss-reactive ketones (excluding diaryl/α,β-unsaturated/α-hetero) is 1. The number of ketones is 1. The molecule has 2 fully saturated rings. The topological polar surface area (TPSA) is 197 Å². The fourth-order valence-corrected chi connectivity index (χ4v) is 7.13. The van der Waals surface area contributed by atoms with Gasteiger partial charge in [0.1, 0.15) is 31.6 Å². The second kappa shape index (κ2) is 22.8. The summed E-state index contributed by atoms with van der Waals surface area (Å²) < 4.78 is 31.9. The van der Waals surface area contributed by atoms with Crippen LogP contribution in [0.1, 0.15) is 68.6 Å². The number of alkyl carbamates (subject to hydrolysis) is 2. The number of hydrogen-bond acceptors (Lipinski definition) is 13. The van der Waals surface area contributed by atoms with Gasteiger partial charge in [0.15, 0.2) is 11.3 Å². The number of benzene rings is 3. The van der Waals surface area contributed by atoms with E-state index in [0.717, 1.165) is 43.2 Å². The van der Waals surface area contributed by atoms with Crippen LogP contribution >= 0.6 is 0 Å². The van der Waals surface area contributed by atoms with Crippen molar-refractivity contribution in [1.82, 2.24) is 20.9 Å². The van der Waals surface area contributed by atoms with Gasteiger partial charge in [-0.3, -0.25) is 19.7 Å². The van der Waals surface area contributed by atoms with E-state index in [0.29, 0.717) is 11.3 Å². The summed E-state index contributed by atoms with van der Waals surface area (Å²) in [5.74, 6) is -1.74. The molecule has 1 saturated carbocycles. The third-order valence-electron chi connectivity index (χ3n) is 10.2. The van der Waals surface area contributed by atoms with Crippen molar-refractivity contribution in [2.45, 2.75) is 95.5 Å². The minimum absolute atomic E-state index is 0.0289. The van der Waals surface area contributed by atoms with Crippen molar-refractivity contribution in [2.75, 3.05) is 33.3 Å². The zero-order valence-corrected chi connectivity index (χ0v) is 34.1. The summed E-state index contributed by atoms with van der Waals surface area (Å²) in [6.45, 7) is 0.914. The smallest absolute Gasteiger partial charge is 0.497 e. The molecular weight excluding hydrogens is 776 g/mol. The van der Waals surface area contributed by atoms with Gasteiger partial charge in [0.25, 0.3) is 5.91 Å². The van der Waals surface area contributed by atoms with Crippen molar-refractivity contribution in [1.29, 1.82) is 0 Å². The molecule has 3 N–H and O–H groups in total. The van der Waals surface area contributed by atoms with Crippen LogP contribution < -0.4 is 20.7 Å². The first-order valence-corrected chi connectivity index (χ1v) is 20.2. The largest absolute Gasteiger partial charge is 0.511 e. The summed E-state index contributed by atoms with van der Waals surface area (Å²) in [4.78, 5) is 82.1. The van der Waals surface area contributed by atoms with E-state index in [4.69, 9.17) is 28.4 Å². The Bertz CT molecular complexity index is 1870. The van der Waals surface area contributed by atoms with Gasteiger partial charge in [0.2, 0.25) is 6.29 Å². The van der Waals surface area contributed by atoms with Crippen molar-refractivity contribution in [3.8, 4) is 5.75 Å². The highest BCUT2D eigenvalue weighted by Gasteiger charge is 2.52. The molecule has 16 heteroatoms. The van der Waals surface area contributed by atoms with Crippen molar-refractivity contribution in [2.24, 2.45) is 0 Å². The number of esters is 1. The van der Waals surface area contributed by atoms with Gasteiger partial charge in [-0.15, -0.1) is 0 Å². The molecule has 16 nitrogen and oxygen atoms in total. The first-order valence-electron chi connectivity index (χ1n) is 20.2. The maximum atomic E-state index is 14.9. The number of piperazine rings is 1. The van der Waals surface area contributed by atoms with E-state index in [1.54, 1.807) is 48.5 Å². The maximum Gasteiger partial charge on any atom is 0.511 e. The number of ether oxygens (including phenoxy) is 6. The Morgan fingerprint density at radius 2 is 1.45 bits per heavy atom. The third kappa shape index (κ3) is 13.7. The lowest BCUT2D eigenvalue weighted by atomic mass is 9.80. The van der Waals surface area contributed by atoms with Gasteiger partial charge in [0, 0.05) is 26.6 Å². The Balaban J connectivity index is 1.31. The average Bonchev–Trinajstić information content (AvgIpc) is 3.25. The summed E-state index contributed by atoms with van der Waals surface area (Å²) in [6.07, 6.45) is 0.261. The number of nitrogens with one attached hydrogen (secondary N) is 3. The Labute approximate surface area is 349 Å². The molecule has 3 atom stereocenters. The molecule has 3 unspecified atom stereocenters. The zero-order chi connectivity index (χ0) is 42.7. The summed E-state index contributed by atoms with van der Waals surface area (Å²) in [5, 5.41) is 8.45. The van der Waals surface area contributed by atoms with Crippen LogP contribution in [0.25, 0.3) is 0 Å². The lowest BCUT2D eigenvalue weighted by Gasteiger charge is -2.42. The van der Waals surface area contributed by atoms with E-state index in [1.807, 2.05) is 36.4 Å². The monoisotopic (exact) mass is 830 g/mol. The molecule has 1 aliphatic carbocycles. The lowest BCUT2D eigenvalue weighted by Crippen LogP contribution is -2.71. The average molecular weight is 831 g/mol. The standard InChI is InChI=1S/C44H54N4O12/c1-31(59-43(54)60-36-17-10-5-11-18-36)58-38(49)28-48-26-25-46-44(40(48)51,23-12-24-45-41(52)56-29-33-13-6-3-7-14-33)39(50)37(27-32-19-21-35(55-2)22-20-32)47-42(53)57-30-34-15-8-4-9-16-34/h3-4,6-9,13-16,19-22,31,36-37,46H,5,10-12,17-18,23-30H2,1-2H3,(H,45,52)(H,47,53). The molecule has 60 heavy (non-hydrogen) atoms. The Kier molecular flexibility index (Phi) is 17.1. The molecule has 1 aliphatic heterocycles. The number of carbonyl (C=O) groups excluding carboxylic acids is 6. The fraction of sp³-hybridized carbons (Fsp3) is 0.455. The molecule has 322 valence electrons. The number of amides is 3. The first kappa shape index (κ1) is 44.9. The Morgan fingerprint density at radius 3 is 2.08 bits per heavy atom. The third-order valence-corrected chi connectivity index (χ3v) is 10.2. The number of carbonyl (C=O) groups is 6. The van der Waals surface area contributed by atoms with E-state index in [-0.39, 0.29) is 58.2 Å². The molecule has 0 bridgehead atoms. The van der Waals surface area contributed by atoms with Crippen molar-refractivity contribution in [3.63, 3.8) is 0 Å². The van der Waals surface area contributed by atoms with Gasteiger partial charge in [-0.2, -0.15) is 0 Å². The highest BCUT2D eigenvalue weighted by atomic mass is 16.8.